The lowest BCUT2D eigenvalue weighted by Crippen LogP contribution is -2.41. The molecule has 3 aromatic rings. The molecule has 0 radical (unpaired) electrons. The van der Waals surface area contributed by atoms with Crippen molar-refractivity contribution in [1.29, 1.82) is 0 Å². The quantitative estimate of drug-likeness (QED) is 0.513. The Morgan fingerprint density at radius 2 is 1.68 bits per heavy atom. The highest BCUT2D eigenvalue weighted by Gasteiger charge is 2.52. The van der Waals surface area contributed by atoms with Crippen molar-refractivity contribution >= 4 is 28.6 Å². The van der Waals surface area contributed by atoms with Crippen LogP contribution < -0.4 is 10.5 Å². The van der Waals surface area contributed by atoms with E-state index in [1.54, 1.807) is 18.2 Å². The zero-order valence-electron chi connectivity index (χ0n) is 16.2. The van der Waals surface area contributed by atoms with E-state index in [4.69, 9.17) is 5.73 Å². The van der Waals surface area contributed by atoms with E-state index in [0.717, 1.165) is 15.7 Å². The molecule has 1 unspecified atom stereocenters. The normalized spacial score (nSPS) is 18.9. The average molecular weight is 427 g/mol. The zero-order chi connectivity index (χ0) is 22.4. The van der Waals surface area contributed by atoms with Crippen LogP contribution in [0, 0.1) is 0 Å². The number of nitrogens with two attached hydrogens (primary N) is 1. The first kappa shape index (κ1) is 20.4. The Morgan fingerprint density at radius 3 is 2.32 bits per heavy atom. The maximum atomic E-state index is 13.4. The van der Waals surface area contributed by atoms with Gasteiger partial charge in [-0.3, -0.25) is 9.69 Å². The summed E-state index contributed by atoms with van der Waals surface area (Å²) >= 11 is 0. The monoisotopic (exact) mass is 427 g/mol. The summed E-state index contributed by atoms with van der Waals surface area (Å²) in [6.45, 7) is 0. The van der Waals surface area contributed by atoms with Gasteiger partial charge in [-0.1, -0.05) is 54.6 Å². The van der Waals surface area contributed by atoms with Crippen LogP contribution in [0.1, 0.15) is 11.1 Å². The molecule has 31 heavy (non-hydrogen) atoms. The first-order valence-electron chi connectivity index (χ1n) is 9.16. The van der Waals surface area contributed by atoms with Crippen LogP contribution in [0.15, 0.2) is 71.7 Å². The summed E-state index contributed by atoms with van der Waals surface area (Å²) in [6, 6.07) is 18.0. The van der Waals surface area contributed by atoms with Gasteiger partial charge in [0.2, 0.25) is 0 Å². The summed E-state index contributed by atoms with van der Waals surface area (Å²) in [5.41, 5.74) is 4.45. The van der Waals surface area contributed by atoms with Crippen LogP contribution >= 0.6 is 0 Å². The molecular weight excluding hydrogens is 411 g/mol. The Hall–Kier alpha value is -3.88. The predicted molar refractivity (Wildman–Crippen MR) is 107 cm³/mol. The van der Waals surface area contributed by atoms with Crippen molar-refractivity contribution in [3.63, 3.8) is 0 Å². The second kappa shape index (κ2) is 7.12. The first-order valence-corrected chi connectivity index (χ1v) is 9.16. The molecule has 2 N–H and O–H groups in total. The Bertz CT molecular complexity index is 1240. The number of carbonyl (C=O) groups excluding carboxylic acids is 2. The molecule has 6 nitrogen and oxygen atoms in total. The molecule has 1 aliphatic heterocycles. The Balaban J connectivity index is 1.96. The summed E-state index contributed by atoms with van der Waals surface area (Å²) < 4.78 is 43.2. The summed E-state index contributed by atoms with van der Waals surface area (Å²) in [5, 5.41) is 1.69. The summed E-state index contributed by atoms with van der Waals surface area (Å²) in [6.07, 6.45) is -5.21. The first-order chi connectivity index (χ1) is 14.6. The van der Waals surface area contributed by atoms with Crippen LogP contribution in [-0.4, -0.2) is 36.0 Å². The highest BCUT2D eigenvalue weighted by Crippen LogP contribution is 2.44. The third-order valence-electron chi connectivity index (χ3n) is 5.12. The van der Waals surface area contributed by atoms with Crippen molar-refractivity contribution < 1.29 is 27.5 Å². The van der Waals surface area contributed by atoms with E-state index in [-0.39, 0.29) is 11.5 Å². The van der Waals surface area contributed by atoms with Crippen LogP contribution in [0.4, 0.5) is 13.2 Å². The van der Waals surface area contributed by atoms with Gasteiger partial charge in [0.15, 0.2) is 11.5 Å². The minimum atomic E-state index is -5.21. The summed E-state index contributed by atoms with van der Waals surface area (Å²) in [7, 11) is 1.41. The van der Waals surface area contributed by atoms with Crippen molar-refractivity contribution in [2.75, 3.05) is 7.05 Å². The number of likely N-dealkylation sites (N-methyl/N-ethyl adjacent to an activating group) is 1. The fourth-order valence-electron chi connectivity index (χ4n) is 3.59. The third-order valence-corrected chi connectivity index (χ3v) is 5.12. The van der Waals surface area contributed by atoms with Gasteiger partial charge in [-0.25, -0.2) is 9.79 Å². The number of halogens is 3. The van der Waals surface area contributed by atoms with Gasteiger partial charge in [0.1, 0.15) is 5.75 Å². The number of amides is 1. The SMILES string of the molecule is CN1C(=O)C(c2ccc3ccccc3c2)(c2ccccc2OC(=O)C(F)(F)F)N=C1N. The Kier molecular flexibility index (Phi) is 4.68. The van der Waals surface area contributed by atoms with Gasteiger partial charge in [0.25, 0.3) is 5.91 Å². The minimum Gasteiger partial charge on any atom is -0.419 e. The fourth-order valence-corrected chi connectivity index (χ4v) is 3.59. The molecule has 0 saturated heterocycles. The van der Waals surface area contributed by atoms with E-state index < -0.39 is 29.3 Å². The van der Waals surface area contributed by atoms with Crippen molar-refractivity contribution in [2.24, 2.45) is 10.7 Å². The molecule has 0 saturated carbocycles. The molecule has 0 fully saturated rings. The largest absolute Gasteiger partial charge is 0.491 e. The van der Waals surface area contributed by atoms with Crippen molar-refractivity contribution in [2.45, 2.75) is 11.7 Å². The summed E-state index contributed by atoms with van der Waals surface area (Å²) in [5.74, 6) is -3.53. The topological polar surface area (TPSA) is 85.0 Å². The molecule has 0 spiro atoms. The fraction of sp³-hybridized carbons (Fsp3) is 0.136. The third kappa shape index (κ3) is 3.27. The number of benzene rings is 3. The number of para-hydroxylation sites is 1. The zero-order valence-corrected chi connectivity index (χ0v) is 16.2. The Morgan fingerprint density at radius 1 is 1.03 bits per heavy atom. The molecule has 158 valence electrons. The number of guanidine groups is 1. The Labute approximate surface area is 174 Å². The number of carbonyl (C=O) groups is 2. The molecule has 1 atom stereocenters. The number of alkyl halides is 3. The van der Waals surface area contributed by atoms with Crippen LogP contribution in [0.2, 0.25) is 0 Å². The van der Waals surface area contributed by atoms with Crippen LogP contribution in [-0.2, 0) is 15.1 Å². The molecule has 1 aliphatic rings. The van der Waals surface area contributed by atoms with Crippen LogP contribution in [0.3, 0.4) is 0 Å². The summed E-state index contributed by atoms with van der Waals surface area (Å²) in [4.78, 5) is 30.4. The maximum Gasteiger partial charge on any atom is 0.491 e. The number of fused-ring (bicyclic) bond motifs is 1. The minimum absolute atomic E-state index is 0.0276. The second-order valence-corrected chi connectivity index (χ2v) is 6.99. The number of esters is 1. The van der Waals surface area contributed by atoms with Crippen LogP contribution in [0.25, 0.3) is 10.8 Å². The molecular formula is C22H16F3N3O3. The standard InChI is InChI=1S/C22H16F3N3O3/c1-28-18(29)21(27-20(28)26,15-11-10-13-6-2-3-7-14(13)12-15)16-8-4-5-9-17(16)31-19(30)22(23,24)25/h2-12H,1H3,(H2,26,27). The number of rotatable bonds is 3. The number of hydrogen-bond donors (Lipinski definition) is 1. The van der Waals surface area contributed by atoms with Gasteiger partial charge in [-0.15, -0.1) is 0 Å². The van der Waals surface area contributed by atoms with Gasteiger partial charge >= 0.3 is 12.1 Å². The highest BCUT2D eigenvalue weighted by atomic mass is 19.4. The smallest absolute Gasteiger partial charge is 0.419 e. The highest BCUT2D eigenvalue weighted by molar-refractivity contribution is 6.09. The van der Waals surface area contributed by atoms with Gasteiger partial charge in [-0.05, 0) is 28.5 Å². The number of ether oxygens (including phenoxy) is 1. The van der Waals surface area contributed by atoms with E-state index in [2.05, 4.69) is 9.73 Å². The van der Waals surface area contributed by atoms with Crippen molar-refractivity contribution in [3.8, 4) is 5.75 Å². The van der Waals surface area contributed by atoms with E-state index in [1.165, 1.54) is 31.3 Å². The lowest BCUT2D eigenvalue weighted by atomic mass is 9.81. The molecule has 9 heteroatoms. The van der Waals surface area contributed by atoms with Gasteiger partial charge < -0.3 is 10.5 Å². The number of nitrogens with zero attached hydrogens (tertiary/aromatic N) is 2. The molecule has 4 rings (SSSR count). The van der Waals surface area contributed by atoms with E-state index >= 15 is 0 Å². The van der Waals surface area contributed by atoms with E-state index in [9.17, 15) is 22.8 Å². The number of hydrogen-bond acceptors (Lipinski definition) is 5. The molecule has 3 aromatic carbocycles. The number of aliphatic imine (C=N–C) groups is 1. The van der Waals surface area contributed by atoms with Crippen LogP contribution in [0.5, 0.6) is 5.75 Å². The van der Waals surface area contributed by atoms with Gasteiger partial charge in [0.05, 0.1) is 0 Å². The lowest BCUT2D eigenvalue weighted by Gasteiger charge is -2.28. The van der Waals surface area contributed by atoms with Crippen molar-refractivity contribution in [1.82, 2.24) is 4.90 Å². The second-order valence-electron chi connectivity index (χ2n) is 6.99. The van der Waals surface area contributed by atoms with Gasteiger partial charge in [-0.2, -0.15) is 13.2 Å². The maximum absolute atomic E-state index is 13.4. The van der Waals surface area contributed by atoms with Crippen molar-refractivity contribution in [3.05, 3.63) is 77.9 Å². The molecule has 0 bridgehead atoms. The molecule has 0 aliphatic carbocycles. The van der Waals surface area contributed by atoms with Gasteiger partial charge in [0, 0.05) is 12.6 Å². The average Bonchev–Trinajstić information content (AvgIpc) is 2.98. The predicted octanol–water partition coefficient (Wildman–Crippen LogP) is 3.34. The molecule has 1 heterocycles. The molecule has 1 amide bonds. The van der Waals surface area contributed by atoms with E-state index in [1.807, 2.05) is 24.3 Å². The lowest BCUT2D eigenvalue weighted by molar-refractivity contribution is -0.189. The molecule has 0 aromatic heterocycles. The van der Waals surface area contributed by atoms with E-state index in [0.29, 0.717) is 5.56 Å².